The first-order valence-corrected chi connectivity index (χ1v) is 6.65. The summed E-state index contributed by atoms with van der Waals surface area (Å²) >= 11 is 3.36. The predicted molar refractivity (Wildman–Crippen MR) is 74.0 cm³/mol. The highest BCUT2D eigenvalue weighted by Crippen LogP contribution is 2.27. The second-order valence-corrected chi connectivity index (χ2v) is 4.86. The molecule has 0 atom stereocenters. The van der Waals surface area contributed by atoms with Crippen LogP contribution in [0.4, 0.5) is 0 Å². The largest absolute Gasteiger partial charge is 0.450 e. The molecule has 0 spiro atoms. The second-order valence-electron chi connectivity index (χ2n) is 4.01. The summed E-state index contributed by atoms with van der Waals surface area (Å²) in [5, 5.41) is 18.7. The van der Waals surface area contributed by atoms with Crippen LogP contribution in [0, 0.1) is 0 Å². The van der Waals surface area contributed by atoms with Gasteiger partial charge in [0.2, 0.25) is 0 Å². The quantitative estimate of drug-likeness (QED) is 0.875. The van der Waals surface area contributed by atoms with Crippen LogP contribution in [0.1, 0.15) is 10.6 Å². The van der Waals surface area contributed by atoms with Crippen LogP contribution in [0.5, 0.6) is 0 Å². The summed E-state index contributed by atoms with van der Waals surface area (Å²) in [5.41, 5.74) is 0.610. The van der Waals surface area contributed by atoms with E-state index in [1.807, 2.05) is 18.2 Å². The third-order valence-electron chi connectivity index (χ3n) is 2.73. The first-order valence-electron chi connectivity index (χ1n) is 5.86. The van der Waals surface area contributed by atoms with E-state index in [4.69, 9.17) is 14.6 Å². The first kappa shape index (κ1) is 14.0. The van der Waals surface area contributed by atoms with Crippen molar-refractivity contribution in [2.75, 3.05) is 26.3 Å². The van der Waals surface area contributed by atoms with Gasteiger partial charge in [-0.15, -0.1) is 0 Å². The molecular formula is C13H14BrNO4. The van der Waals surface area contributed by atoms with Crippen molar-refractivity contribution in [2.24, 2.45) is 0 Å². The van der Waals surface area contributed by atoms with Gasteiger partial charge in [0, 0.05) is 18.5 Å². The maximum absolute atomic E-state index is 12.2. The number of amides is 1. The number of rotatable bonds is 5. The highest BCUT2D eigenvalue weighted by molar-refractivity contribution is 9.10. The molecule has 0 aliphatic carbocycles. The molecule has 102 valence electrons. The molecule has 2 aromatic rings. The van der Waals surface area contributed by atoms with E-state index in [9.17, 15) is 4.79 Å². The summed E-state index contributed by atoms with van der Waals surface area (Å²) < 4.78 is 6.31. The smallest absolute Gasteiger partial charge is 0.289 e. The summed E-state index contributed by atoms with van der Waals surface area (Å²) in [4.78, 5) is 13.6. The third kappa shape index (κ3) is 2.97. The van der Waals surface area contributed by atoms with Gasteiger partial charge in [0.1, 0.15) is 5.58 Å². The van der Waals surface area contributed by atoms with Gasteiger partial charge in [0.05, 0.1) is 17.7 Å². The lowest BCUT2D eigenvalue weighted by atomic mass is 10.2. The van der Waals surface area contributed by atoms with Crippen LogP contribution >= 0.6 is 15.9 Å². The van der Waals surface area contributed by atoms with E-state index in [1.54, 1.807) is 6.07 Å². The number of benzene rings is 1. The molecular weight excluding hydrogens is 314 g/mol. The van der Waals surface area contributed by atoms with Crippen LogP contribution < -0.4 is 0 Å². The fraction of sp³-hybridized carbons (Fsp3) is 0.308. The average Bonchev–Trinajstić information content (AvgIpc) is 2.83. The lowest BCUT2D eigenvalue weighted by molar-refractivity contribution is 0.0656. The van der Waals surface area contributed by atoms with Crippen LogP contribution in [0.25, 0.3) is 11.0 Å². The number of hydrogen-bond acceptors (Lipinski definition) is 4. The zero-order valence-electron chi connectivity index (χ0n) is 10.2. The Morgan fingerprint density at radius 3 is 2.53 bits per heavy atom. The summed E-state index contributed by atoms with van der Waals surface area (Å²) in [5.74, 6) is -0.144. The molecule has 1 aromatic carbocycles. The minimum Gasteiger partial charge on any atom is -0.450 e. The number of furan rings is 1. The van der Waals surface area contributed by atoms with E-state index in [1.165, 1.54) is 4.90 Å². The van der Waals surface area contributed by atoms with E-state index in [0.717, 1.165) is 9.86 Å². The Morgan fingerprint density at radius 2 is 1.95 bits per heavy atom. The van der Waals surface area contributed by atoms with Gasteiger partial charge in [-0.1, -0.05) is 12.1 Å². The molecule has 2 rings (SSSR count). The molecule has 0 fully saturated rings. The molecule has 0 aliphatic rings. The lowest BCUT2D eigenvalue weighted by Crippen LogP contribution is -2.35. The molecule has 5 nitrogen and oxygen atoms in total. The number of carbonyl (C=O) groups is 1. The Balaban J connectivity index is 2.32. The van der Waals surface area contributed by atoms with Gasteiger partial charge in [0.25, 0.3) is 5.91 Å². The summed E-state index contributed by atoms with van der Waals surface area (Å²) in [6.45, 7) is 0.0144. The van der Waals surface area contributed by atoms with Crippen molar-refractivity contribution >= 4 is 32.8 Å². The molecule has 2 N–H and O–H groups in total. The lowest BCUT2D eigenvalue weighted by Gasteiger charge is -2.18. The molecule has 0 saturated heterocycles. The standard InChI is InChI=1S/C13H14BrNO4/c14-10-3-1-2-9-8-11(19-12(9)10)13(18)15(4-6-16)5-7-17/h1-3,8,16-17H,4-7H2. The molecule has 0 saturated carbocycles. The van der Waals surface area contributed by atoms with Gasteiger partial charge >= 0.3 is 0 Å². The Bertz CT molecular complexity index is 575. The topological polar surface area (TPSA) is 73.9 Å². The van der Waals surface area contributed by atoms with E-state index in [2.05, 4.69) is 15.9 Å². The Morgan fingerprint density at radius 1 is 1.26 bits per heavy atom. The van der Waals surface area contributed by atoms with Crippen LogP contribution in [-0.2, 0) is 0 Å². The zero-order valence-corrected chi connectivity index (χ0v) is 11.8. The van der Waals surface area contributed by atoms with Crippen LogP contribution in [0.3, 0.4) is 0 Å². The normalized spacial score (nSPS) is 10.9. The second kappa shape index (κ2) is 6.18. The maximum atomic E-state index is 12.2. The zero-order chi connectivity index (χ0) is 13.8. The Hall–Kier alpha value is -1.37. The monoisotopic (exact) mass is 327 g/mol. The molecule has 0 bridgehead atoms. The summed E-state index contributed by atoms with van der Waals surface area (Å²) in [6, 6.07) is 7.20. The average molecular weight is 328 g/mol. The number of aliphatic hydroxyl groups excluding tert-OH is 2. The van der Waals surface area contributed by atoms with Crippen LogP contribution in [0.15, 0.2) is 33.2 Å². The van der Waals surface area contributed by atoms with Gasteiger partial charge in [0.15, 0.2) is 5.76 Å². The van der Waals surface area contributed by atoms with Gasteiger partial charge in [-0.2, -0.15) is 0 Å². The Labute approximate surface area is 118 Å². The van der Waals surface area contributed by atoms with Gasteiger partial charge in [-0.05, 0) is 28.1 Å². The van der Waals surface area contributed by atoms with Crippen molar-refractivity contribution in [1.82, 2.24) is 4.90 Å². The van der Waals surface area contributed by atoms with Crippen LogP contribution in [-0.4, -0.2) is 47.3 Å². The molecule has 1 amide bonds. The highest BCUT2D eigenvalue weighted by atomic mass is 79.9. The number of fused-ring (bicyclic) bond motifs is 1. The molecule has 0 unspecified atom stereocenters. The fourth-order valence-corrected chi connectivity index (χ4v) is 2.31. The number of halogens is 1. The third-order valence-corrected chi connectivity index (χ3v) is 3.36. The molecule has 1 aromatic heterocycles. The van der Waals surface area contributed by atoms with Gasteiger partial charge < -0.3 is 19.5 Å². The van der Waals surface area contributed by atoms with E-state index >= 15 is 0 Å². The van der Waals surface area contributed by atoms with Crippen molar-refractivity contribution in [3.05, 3.63) is 34.5 Å². The van der Waals surface area contributed by atoms with Gasteiger partial charge in [-0.3, -0.25) is 4.79 Å². The number of para-hydroxylation sites is 1. The molecule has 1 heterocycles. The van der Waals surface area contributed by atoms with E-state index < -0.39 is 0 Å². The SMILES string of the molecule is O=C(c1cc2cccc(Br)c2o1)N(CCO)CCO. The number of carbonyl (C=O) groups excluding carboxylic acids is 1. The molecule has 6 heteroatoms. The minimum absolute atomic E-state index is 0.157. The van der Waals surface area contributed by atoms with Crippen molar-refractivity contribution in [2.45, 2.75) is 0 Å². The van der Waals surface area contributed by atoms with Gasteiger partial charge in [-0.25, -0.2) is 0 Å². The molecule has 19 heavy (non-hydrogen) atoms. The Kier molecular flexibility index (Phi) is 4.57. The highest BCUT2D eigenvalue weighted by Gasteiger charge is 2.19. The number of aliphatic hydroxyl groups is 2. The maximum Gasteiger partial charge on any atom is 0.289 e. The van der Waals surface area contributed by atoms with E-state index in [-0.39, 0.29) is 38.0 Å². The van der Waals surface area contributed by atoms with Crippen molar-refractivity contribution in [1.29, 1.82) is 0 Å². The van der Waals surface area contributed by atoms with Crippen molar-refractivity contribution < 1.29 is 19.4 Å². The molecule has 0 aliphatic heterocycles. The van der Waals surface area contributed by atoms with E-state index in [0.29, 0.717) is 5.58 Å². The summed E-state index contributed by atoms with van der Waals surface area (Å²) in [7, 11) is 0. The fourth-order valence-electron chi connectivity index (χ4n) is 1.85. The number of hydrogen-bond donors (Lipinski definition) is 2. The van der Waals surface area contributed by atoms with Crippen molar-refractivity contribution in [3.8, 4) is 0 Å². The molecule has 0 radical (unpaired) electrons. The van der Waals surface area contributed by atoms with Crippen LogP contribution in [0.2, 0.25) is 0 Å². The number of nitrogens with zero attached hydrogens (tertiary/aromatic N) is 1. The first-order chi connectivity index (χ1) is 9.17. The summed E-state index contributed by atoms with van der Waals surface area (Å²) in [6.07, 6.45) is 0. The minimum atomic E-state index is -0.341. The van der Waals surface area contributed by atoms with Crippen molar-refractivity contribution in [3.63, 3.8) is 0 Å². The predicted octanol–water partition coefficient (Wildman–Crippen LogP) is 1.62.